The van der Waals surface area contributed by atoms with E-state index in [1.807, 2.05) is 13.8 Å². The highest BCUT2D eigenvalue weighted by molar-refractivity contribution is 6.39. The van der Waals surface area contributed by atoms with Gasteiger partial charge in [-0.05, 0) is 24.1 Å². The first kappa shape index (κ1) is 17.7. The van der Waals surface area contributed by atoms with E-state index >= 15 is 0 Å². The van der Waals surface area contributed by atoms with Gasteiger partial charge in [0.05, 0.1) is 6.10 Å². The van der Waals surface area contributed by atoms with Crippen LogP contribution in [-0.4, -0.2) is 29.6 Å². The molecule has 0 aliphatic carbocycles. The number of amides is 2. The van der Waals surface area contributed by atoms with Gasteiger partial charge in [0, 0.05) is 17.8 Å². The minimum atomic E-state index is -0.786. The van der Waals surface area contributed by atoms with Crippen molar-refractivity contribution in [3.05, 3.63) is 29.8 Å². The van der Waals surface area contributed by atoms with E-state index in [2.05, 4.69) is 16.6 Å². The van der Waals surface area contributed by atoms with Crippen molar-refractivity contribution in [2.24, 2.45) is 5.92 Å². The van der Waals surface area contributed by atoms with Crippen molar-refractivity contribution in [3.63, 3.8) is 0 Å². The van der Waals surface area contributed by atoms with Crippen LogP contribution in [0.25, 0.3) is 0 Å². The van der Waals surface area contributed by atoms with Crippen LogP contribution in [0.4, 0.5) is 5.69 Å². The van der Waals surface area contributed by atoms with Gasteiger partial charge in [-0.1, -0.05) is 38.7 Å². The molecule has 0 aliphatic heterocycles. The average molecular weight is 302 g/mol. The van der Waals surface area contributed by atoms with E-state index in [9.17, 15) is 14.7 Å². The molecular weight excluding hydrogens is 280 g/mol. The number of terminal acetylenes is 1. The van der Waals surface area contributed by atoms with Gasteiger partial charge in [0.2, 0.25) is 0 Å². The molecule has 5 nitrogen and oxygen atoms in total. The first-order chi connectivity index (χ1) is 10.5. The molecule has 5 heteroatoms. The molecule has 0 aromatic heterocycles. The molecule has 0 bridgehead atoms. The number of aliphatic hydroxyl groups is 1. The Morgan fingerprint density at radius 3 is 2.55 bits per heavy atom. The summed E-state index contributed by atoms with van der Waals surface area (Å²) in [5.74, 6) is 0.990. The van der Waals surface area contributed by atoms with E-state index in [4.69, 9.17) is 6.42 Å². The summed E-state index contributed by atoms with van der Waals surface area (Å²) in [5.41, 5.74) is 1.07. The molecule has 1 rings (SSSR count). The van der Waals surface area contributed by atoms with Gasteiger partial charge in [-0.3, -0.25) is 9.59 Å². The van der Waals surface area contributed by atoms with Gasteiger partial charge >= 0.3 is 11.8 Å². The molecule has 118 valence electrons. The molecule has 0 radical (unpaired) electrons. The summed E-state index contributed by atoms with van der Waals surface area (Å²) in [6.07, 6.45) is 6.26. The summed E-state index contributed by atoms with van der Waals surface area (Å²) in [5, 5.41) is 14.8. The zero-order valence-electron chi connectivity index (χ0n) is 12.9. The van der Waals surface area contributed by atoms with Gasteiger partial charge in [-0.15, -0.1) is 6.42 Å². The maximum Gasteiger partial charge on any atom is 0.313 e. The number of nitrogens with one attached hydrogen (secondary N) is 2. The summed E-state index contributed by atoms with van der Waals surface area (Å²) >= 11 is 0. The monoisotopic (exact) mass is 302 g/mol. The number of hydrogen-bond acceptors (Lipinski definition) is 3. The molecule has 0 heterocycles. The Kier molecular flexibility index (Phi) is 7.14. The standard InChI is InChI=1S/C17H22N2O3/c1-4-12-8-7-9-14(10-12)19-17(22)16(21)18-11-15(20)13(5-2)6-3/h1,7-10,13,15,20H,5-6,11H2,2-3H3,(H,18,21)(H,19,22). The zero-order valence-corrected chi connectivity index (χ0v) is 12.9. The lowest BCUT2D eigenvalue weighted by molar-refractivity contribution is -0.136. The molecule has 0 aliphatic rings. The van der Waals surface area contributed by atoms with Gasteiger partial charge in [0.15, 0.2) is 0 Å². The second kappa shape index (κ2) is 8.85. The van der Waals surface area contributed by atoms with E-state index in [1.54, 1.807) is 24.3 Å². The van der Waals surface area contributed by atoms with Crippen molar-refractivity contribution in [1.29, 1.82) is 0 Å². The number of rotatable bonds is 6. The Morgan fingerprint density at radius 1 is 1.27 bits per heavy atom. The van der Waals surface area contributed by atoms with Crippen LogP contribution < -0.4 is 10.6 Å². The zero-order chi connectivity index (χ0) is 16.5. The van der Waals surface area contributed by atoms with Crippen LogP contribution >= 0.6 is 0 Å². The van der Waals surface area contributed by atoms with E-state index in [-0.39, 0.29) is 12.5 Å². The molecular formula is C17H22N2O3. The first-order valence-electron chi connectivity index (χ1n) is 7.35. The molecule has 1 atom stereocenters. The quantitative estimate of drug-likeness (QED) is 0.551. The number of benzene rings is 1. The van der Waals surface area contributed by atoms with E-state index in [1.165, 1.54) is 0 Å². The molecule has 3 N–H and O–H groups in total. The van der Waals surface area contributed by atoms with Gasteiger partial charge in [-0.2, -0.15) is 0 Å². The lowest BCUT2D eigenvalue weighted by atomic mass is 9.96. The summed E-state index contributed by atoms with van der Waals surface area (Å²) in [6.45, 7) is 4.01. The molecule has 0 saturated heterocycles. The maximum absolute atomic E-state index is 11.8. The lowest BCUT2D eigenvalue weighted by Gasteiger charge is -2.20. The fourth-order valence-electron chi connectivity index (χ4n) is 2.15. The summed E-state index contributed by atoms with van der Waals surface area (Å²) in [6, 6.07) is 6.66. The Balaban J connectivity index is 2.52. The van der Waals surface area contributed by atoms with E-state index in [0.29, 0.717) is 11.3 Å². The second-order valence-corrected chi connectivity index (χ2v) is 5.03. The first-order valence-corrected chi connectivity index (χ1v) is 7.35. The number of hydrogen-bond donors (Lipinski definition) is 3. The van der Waals surface area contributed by atoms with Crippen molar-refractivity contribution < 1.29 is 14.7 Å². The predicted octanol–water partition coefficient (Wildman–Crippen LogP) is 1.52. The highest BCUT2D eigenvalue weighted by atomic mass is 16.3. The molecule has 22 heavy (non-hydrogen) atoms. The van der Waals surface area contributed by atoms with Crippen molar-refractivity contribution in [1.82, 2.24) is 5.32 Å². The molecule has 1 aromatic rings. The smallest absolute Gasteiger partial charge is 0.313 e. The van der Waals surface area contributed by atoms with Crippen LogP contribution in [0.1, 0.15) is 32.3 Å². The molecule has 2 amide bonds. The fourth-order valence-corrected chi connectivity index (χ4v) is 2.15. The number of aliphatic hydroxyl groups excluding tert-OH is 1. The largest absolute Gasteiger partial charge is 0.391 e. The van der Waals surface area contributed by atoms with Crippen LogP contribution in [0.2, 0.25) is 0 Å². The highest BCUT2D eigenvalue weighted by Gasteiger charge is 2.19. The summed E-state index contributed by atoms with van der Waals surface area (Å²) < 4.78 is 0. The van der Waals surface area contributed by atoms with Crippen molar-refractivity contribution in [2.45, 2.75) is 32.8 Å². The molecule has 1 aromatic carbocycles. The minimum absolute atomic E-state index is 0.0585. The third-order valence-corrected chi connectivity index (χ3v) is 3.56. The Bertz CT molecular complexity index is 559. The average Bonchev–Trinajstić information content (AvgIpc) is 2.53. The van der Waals surface area contributed by atoms with Gasteiger partial charge < -0.3 is 15.7 Å². The van der Waals surface area contributed by atoms with Crippen molar-refractivity contribution in [2.75, 3.05) is 11.9 Å². The molecule has 0 spiro atoms. The Hall–Kier alpha value is -2.32. The van der Waals surface area contributed by atoms with Crippen molar-refractivity contribution in [3.8, 4) is 12.3 Å². The van der Waals surface area contributed by atoms with Gasteiger partial charge in [-0.25, -0.2) is 0 Å². The summed E-state index contributed by atoms with van der Waals surface area (Å²) in [7, 11) is 0. The van der Waals surface area contributed by atoms with Crippen LogP contribution in [0, 0.1) is 18.3 Å². The molecule has 0 fully saturated rings. The lowest BCUT2D eigenvalue weighted by Crippen LogP contribution is -2.41. The fraction of sp³-hybridized carbons (Fsp3) is 0.412. The SMILES string of the molecule is C#Cc1cccc(NC(=O)C(=O)NCC(O)C(CC)CC)c1. The summed E-state index contributed by atoms with van der Waals surface area (Å²) in [4.78, 5) is 23.5. The Labute approximate surface area is 131 Å². The van der Waals surface area contributed by atoms with E-state index < -0.39 is 17.9 Å². The number of anilines is 1. The number of carbonyl (C=O) groups is 2. The highest BCUT2D eigenvalue weighted by Crippen LogP contribution is 2.12. The molecule has 0 saturated carbocycles. The van der Waals surface area contributed by atoms with Crippen LogP contribution in [0.5, 0.6) is 0 Å². The minimum Gasteiger partial charge on any atom is -0.391 e. The van der Waals surface area contributed by atoms with Crippen LogP contribution in [0.3, 0.4) is 0 Å². The van der Waals surface area contributed by atoms with E-state index in [0.717, 1.165) is 12.8 Å². The normalized spacial score (nSPS) is 11.6. The number of carbonyl (C=O) groups excluding carboxylic acids is 2. The Morgan fingerprint density at radius 2 is 1.95 bits per heavy atom. The van der Waals surface area contributed by atoms with Gasteiger partial charge in [0.1, 0.15) is 0 Å². The third kappa shape index (κ3) is 5.23. The van der Waals surface area contributed by atoms with Crippen LogP contribution in [0.15, 0.2) is 24.3 Å². The maximum atomic E-state index is 11.8. The second-order valence-electron chi connectivity index (χ2n) is 5.03. The predicted molar refractivity (Wildman–Crippen MR) is 86.1 cm³/mol. The molecule has 1 unspecified atom stereocenters. The van der Waals surface area contributed by atoms with Gasteiger partial charge in [0.25, 0.3) is 0 Å². The third-order valence-electron chi connectivity index (χ3n) is 3.56. The van der Waals surface area contributed by atoms with Crippen molar-refractivity contribution >= 4 is 17.5 Å². The van der Waals surface area contributed by atoms with Crippen LogP contribution in [-0.2, 0) is 9.59 Å². The topological polar surface area (TPSA) is 78.4 Å².